The fraction of sp³-hybridized carbons (Fsp3) is 0.867. The van der Waals surface area contributed by atoms with Gasteiger partial charge in [0.15, 0.2) is 0 Å². The summed E-state index contributed by atoms with van der Waals surface area (Å²) in [7, 11) is 0. The smallest absolute Gasteiger partial charge is 0.144 e. The minimum absolute atomic E-state index is 0.00264. The highest BCUT2D eigenvalue weighted by Gasteiger charge is 2.50. The Balaban J connectivity index is 3.09. The Kier molecular flexibility index (Phi) is 4.51. The highest BCUT2D eigenvalue weighted by Crippen LogP contribution is 2.47. The van der Waals surface area contributed by atoms with Gasteiger partial charge in [-0.3, -0.25) is 9.59 Å². The zero-order valence-corrected chi connectivity index (χ0v) is 11.9. The number of rotatable bonds is 5. The van der Waals surface area contributed by atoms with Crippen molar-refractivity contribution < 1.29 is 9.59 Å². The zero-order chi connectivity index (χ0) is 13.2. The van der Waals surface area contributed by atoms with Crippen LogP contribution in [0, 0.1) is 23.2 Å². The van der Waals surface area contributed by atoms with Crippen LogP contribution in [0.5, 0.6) is 0 Å². The summed E-state index contributed by atoms with van der Waals surface area (Å²) in [5, 5.41) is 0. The van der Waals surface area contributed by atoms with E-state index in [0.29, 0.717) is 5.92 Å². The van der Waals surface area contributed by atoms with E-state index < -0.39 is 0 Å². The van der Waals surface area contributed by atoms with Gasteiger partial charge in [-0.25, -0.2) is 0 Å². The molecule has 3 atom stereocenters. The second-order valence-electron chi connectivity index (χ2n) is 5.86. The van der Waals surface area contributed by atoms with E-state index in [2.05, 4.69) is 34.6 Å². The maximum atomic E-state index is 12.2. The molecule has 0 bridgehead atoms. The number of carbonyl (C=O) groups is 2. The molecule has 1 fully saturated rings. The van der Waals surface area contributed by atoms with Crippen molar-refractivity contribution >= 4 is 11.6 Å². The Morgan fingerprint density at radius 3 is 2.12 bits per heavy atom. The van der Waals surface area contributed by atoms with Crippen molar-refractivity contribution in [2.45, 2.75) is 60.3 Å². The molecule has 3 unspecified atom stereocenters. The van der Waals surface area contributed by atoms with Crippen LogP contribution in [0.3, 0.4) is 0 Å². The van der Waals surface area contributed by atoms with Crippen LogP contribution in [-0.4, -0.2) is 11.6 Å². The first kappa shape index (κ1) is 14.4. The highest BCUT2D eigenvalue weighted by molar-refractivity contribution is 6.09. The molecule has 0 N–H and O–H groups in total. The first-order chi connectivity index (χ1) is 7.91. The molecule has 0 heterocycles. The standard InChI is InChI=1S/C15H26O2/c1-6-10(4)13-11(16)9-12(17)14(13)15(5,7-2)8-3/h10,13-14H,6-9H2,1-5H3. The summed E-state index contributed by atoms with van der Waals surface area (Å²) in [6.45, 7) is 10.6. The second kappa shape index (κ2) is 5.32. The van der Waals surface area contributed by atoms with Gasteiger partial charge in [-0.1, -0.05) is 53.9 Å². The van der Waals surface area contributed by atoms with Gasteiger partial charge in [0.05, 0.1) is 6.42 Å². The van der Waals surface area contributed by atoms with Crippen molar-refractivity contribution in [3.63, 3.8) is 0 Å². The average molecular weight is 238 g/mol. The molecule has 2 nitrogen and oxygen atoms in total. The third-order valence-corrected chi connectivity index (χ3v) is 5.05. The van der Waals surface area contributed by atoms with Gasteiger partial charge < -0.3 is 0 Å². The van der Waals surface area contributed by atoms with E-state index in [9.17, 15) is 9.59 Å². The molecular formula is C15H26O2. The number of hydrogen-bond acceptors (Lipinski definition) is 2. The molecule has 1 saturated carbocycles. The maximum Gasteiger partial charge on any atom is 0.144 e. The summed E-state index contributed by atoms with van der Waals surface area (Å²) in [6.07, 6.45) is 3.10. The predicted molar refractivity (Wildman–Crippen MR) is 69.8 cm³/mol. The molecule has 0 radical (unpaired) electrons. The van der Waals surface area contributed by atoms with E-state index in [4.69, 9.17) is 0 Å². The number of Topliss-reactive ketones (excluding diaryl/α,β-unsaturated/α-hetero) is 2. The van der Waals surface area contributed by atoms with Crippen LogP contribution in [0.25, 0.3) is 0 Å². The summed E-state index contributed by atoms with van der Waals surface area (Å²) >= 11 is 0. The summed E-state index contributed by atoms with van der Waals surface area (Å²) in [5.74, 6) is 0.627. The van der Waals surface area contributed by atoms with Crippen molar-refractivity contribution in [1.29, 1.82) is 0 Å². The van der Waals surface area contributed by atoms with Gasteiger partial charge >= 0.3 is 0 Å². The Bertz CT molecular complexity index is 302. The van der Waals surface area contributed by atoms with Gasteiger partial charge in [-0.05, 0) is 11.3 Å². The van der Waals surface area contributed by atoms with Crippen LogP contribution < -0.4 is 0 Å². The van der Waals surface area contributed by atoms with Gasteiger partial charge in [0.25, 0.3) is 0 Å². The van der Waals surface area contributed by atoms with Gasteiger partial charge in [-0.15, -0.1) is 0 Å². The molecule has 0 amide bonds. The second-order valence-corrected chi connectivity index (χ2v) is 5.86. The van der Waals surface area contributed by atoms with Crippen molar-refractivity contribution in [3.8, 4) is 0 Å². The van der Waals surface area contributed by atoms with Crippen LogP contribution in [0.1, 0.15) is 60.3 Å². The Hall–Kier alpha value is -0.660. The molecule has 0 saturated heterocycles. The lowest BCUT2D eigenvalue weighted by Crippen LogP contribution is -2.37. The SMILES string of the molecule is CCC(C)C1C(=O)CC(=O)C1C(C)(CC)CC. The monoisotopic (exact) mass is 238 g/mol. The fourth-order valence-electron chi connectivity index (χ4n) is 3.20. The van der Waals surface area contributed by atoms with Crippen LogP contribution in [-0.2, 0) is 9.59 Å². The number of hydrogen-bond donors (Lipinski definition) is 0. The normalized spacial score (nSPS) is 27.6. The van der Waals surface area contributed by atoms with Crippen LogP contribution in [0.4, 0.5) is 0 Å². The summed E-state index contributed by atoms with van der Waals surface area (Å²) in [4.78, 5) is 24.2. The maximum absolute atomic E-state index is 12.2. The van der Waals surface area contributed by atoms with Crippen LogP contribution >= 0.6 is 0 Å². The number of ketones is 2. The topological polar surface area (TPSA) is 34.1 Å². The van der Waals surface area contributed by atoms with E-state index in [-0.39, 0.29) is 35.2 Å². The molecule has 0 aliphatic heterocycles. The highest BCUT2D eigenvalue weighted by atomic mass is 16.2. The molecule has 17 heavy (non-hydrogen) atoms. The molecule has 2 heteroatoms. The van der Waals surface area contributed by atoms with E-state index in [1.807, 2.05) is 0 Å². The fourth-order valence-corrected chi connectivity index (χ4v) is 3.20. The quantitative estimate of drug-likeness (QED) is 0.685. The molecule has 1 aliphatic carbocycles. The minimum atomic E-state index is -0.0417. The molecular weight excluding hydrogens is 212 g/mol. The van der Waals surface area contributed by atoms with Crippen molar-refractivity contribution in [2.24, 2.45) is 23.2 Å². The molecule has 0 aromatic carbocycles. The lowest BCUT2D eigenvalue weighted by atomic mass is 9.65. The number of carbonyl (C=O) groups excluding carboxylic acids is 2. The van der Waals surface area contributed by atoms with Crippen LogP contribution in [0.2, 0.25) is 0 Å². The lowest BCUT2D eigenvalue weighted by molar-refractivity contribution is -0.126. The third-order valence-electron chi connectivity index (χ3n) is 5.05. The first-order valence-corrected chi connectivity index (χ1v) is 6.96. The molecule has 0 aromatic heterocycles. The minimum Gasteiger partial charge on any atom is -0.299 e. The Morgan fingerprint density at radius 2 is 1.71 bits per heavy atom. The predicted octanol–water partition coefficient (Wildman–Crippen LogP) is 3.63. The average Bonchev–Trinajstić information content (AvgIpc) is 2.62. The van der Waals surface area contributed by atoms with Gasteiger partial charge in [0, 0.05) is 11.8 Å². The van der Waals surface area contributed by atoms with Gasteiger partial charge in [-0.2, -0.15) is 0 Å². The lowest BCUT2D eigenvalue weighted by Gasteiger charge is -2.37. The Labute approximate surface area is 105 Å². The first-order valence-electron chi connectivity index (χ1n) is 6.96. The van der Waals surface area contributed by atoms with Gasteiger partial charge in [0.2, 0.25) is 0 Å². The Morgan fingerprint density at radius 1 is 1.18 bits per heavy atom. The summed E-state index contributed by atoms with van der Waals surface area (Å²) in [6, 6.07) is 0. The molecule has 1 rings (SSSR count). The van der Waals surface area contributed by atoms with Crippen molar-refractivity contribution in [3.05, 3.63) is 0 Å². The van der Waals surface area contributed by atoms with E-state index in [1.54, 1.807) is 0 Å². The summed E-state index contributed by atoms with van der Waals surface area (Å²) in [5.41, 5.74) is -0.00264. The zero-order valence-electron chi connectivity index (χ0n) is 11.9. The largest absolute Gasteiger partial charge is 0.299 e. The third kappa shape index (κ3) is 2.46. The van der Waals surface area contributed by atoms with E-state index in [1.165, 1.54) is 0 Å². The molecule has 1 aliphatic rings. The molecule has 98 valence electrons. The molecule has 0 spiro atoms. The van der Waals surface area contributed by atoms with Crippen LogP contribution in [0.15, 0.2) is 0 Å². The van der Waals surface area contributed by atoms with E-state index >= 15 is 0 Å². The molecule has 0 aromatic rings. The van der Waals surface area contributed by atoms with E-state index in [0.717, 1.165) is 19.3 Å². The van der Waals surface area contributed by atoms with Crippen molar-refractivity contribution in [1.82, 2.24) is 0 Å². The van der Waals surface area contributed by atoms with Crippen molar-refractivity contribution in [2.75, 3.05) is 0 Å². The summed E-state index contributed by atoms with van der Waals surface area (Å²) < 4.78 is 0. The van der Waals surface area contributed by atoms with Gasteiger partial charge in [0.1, 0.15) is 11.6 Å².